The third kappa shape index (κ3) is 3.10. The Morgan fingerprint density at radius 1 is 1.05 bits per heavy atom. The van der Waals surface area contributed by atoms with E-state index in [2.05, 4.69) is 0 Å². The average Bonchev–Trinajstić information content (AvgIpc) is 2.80. The van der Waals surface area contributed by atoms with E-state index in [1.54, 1.807) is 0 Å². The van der Waals surface area contributed by atoms with Crippen molar-refractivity contribution >= 4 is 11.9 Å². The Kier molecular flexibility index (Phi) is 4.48. The Balaban J connectivity index is 2.02. The fourth-order valence-corrected chi connectivity index (χ4v) is 3.75. The topological polar surface area (TPSA) is 57.6 Å². The standard InChI is InChI=1S/C15H25NO3/c1-10-8-12(13(9-10)15(18)19)14(17)16(2)11-6-4-3-5-7-11/h10-13H,3-9H2,1-2H3,(H,18,19). The molecule has 19 heavy (non-hydrogen) atoms. The van der Waals surface area contributed by atoms with E-state index in [0.29, 0.717) is 18.4 Å². The second kappa shape index (κ2) is 5.93. The first-order valence-electron chi connectivity index (χ1n) is 7.50. The van der Waals surface area contributed by atoms with Gasteiger partial charge in [-0.25, -0.2) is 0 Å². The van der Waals surface area contributed by atoms with Crippen LogP contribution in [0.3, 0.4) is 0 Å². The van der Waals surface area contributed by atoms with Crippen LogP contribution in [0.1, 0.15) is 51.9 Å². The lowest BCUT2D eigenvalue weighted by Crippen LogP contribution is -2.43. The summed E-state index contributed by atoms with van der Waals surface area (Å²) in [6.07, 6.45) is 7.15. The van der Waals surface area contributed by atoms with Crippen LogP contribution in [0.5, 0.6) is 0 Å². The Labute approximate surface area is 115 Å². The van der Waals surface area contributed by atoms with Crippen molar-refractivity contribution in [3.8, 4) is 0 Å². The summed E-state index contributed by atoms with van der Waals surface area (Å²) in [4.78, 5) is 25.7. The van der Waals surface area contributed by atoms with Crippen molar-refractivity contribution in [2.24, 2.45) is 17.8 Å². The highest BCUT2D eigenvalue weighted by Gasteiger charge is 2.43. The monoisotopic (exact) mass is 267 g/mol. The van der Waals surface area contributed by atoms with Crippen LogP contribution in [-0.4, -0.2) is 35.0 Å². The van der Waals surface area contributed by atoms with Crippen LogP contribution in [0.2, 0.25) is 0 Å². The van der Waals surface area contributed by atoms with Gasteiger partial charge in [0.1, 0.15) is 0 Å². The van der Waals surface area contributed by atoms with Crippen LogP contribution in [0.4, 0.5) is 0 Å². The molecule has 108 valence electrons. The summed E-state index contributed by atoms with van der Waals surface area (Å²) < 4.78 is 0. The maximum absolute atomic E-state index is 12.6. The number of rotatable bonds is 3. The highest BCUT2D eigenvalue weighted by atomic mass is 16.4. The van der Waals surface area contributed by atoms with Gasteiger partial charge < -0.3 is 10.0 Å². The summed E-state index contributed by atoms with van der Waals surface area (Å²) in [5.41, 5.74) is 0. The highest BCUT2D eigenvalue weighted by Crippen LogP contribution is 2.38. The molecule has 2 aliphatic rings. The van der Waals surface area contributed by atoms with Gasteiger partial charge in [0, 0.05) is 13.1 Å². The molecular weight excluding hydrogens is 242 g/mol. The molecule has 0 aromatic carbocycles. The van der Waals surface area contributed by atoms with Crippen LogP contribution < -0.4 is 0 Å². The normalized spacial score (nSPS) is 32.2. The van der Waals surface area contributed by atoms with Crippen molar-refractivity contribution in [2.75, 3.05) is 7.05 Å². The van der Waals surface area contributed by atoms with Gasteiger partial charge in [-0.15, -0.1) is 0 Å². The van der Waals surface area contributed by atoms with Crippen LogP contribution in [0, 0.1) is 17.8 Å². The van der Waals surface area contributed by atoms with Gasteiger partial charge in [0.2, 0.25) is 5.91 Å². The maximum Gasteiger partial charge on any atom is 0.307 e. The molecule has 4 nitrogen and oxygen atoms in total. The quantitative estimate of drug-likeness (QED) is 0.854. The average molecular weight is 267 g/mol. The molecule has 2 fully saturated rings. The van der Waals surface area contributed by atoms with Crippen LogP contribution in [-0.2, 0) is 9.59 Å². The van der Waals surface area contributed by atoms with Gasteiger partial charge in [0.15, 0.2) is 0 Å². The Morgan fingerprint density at radius 2 is 1.63 bits per heavy atom. The fourth-order valence-electron chi connectivity index (χ4n) is 3.75. The summed E-state index contributed by atoms with van der Waals surface area (Å²) in [7, 11) is 1.86. The first kappa shape index (κ1) is 14.4. The molecule has 2 rings (SSSR count). The van der Waals surface area contributed by atoms with Crippen LogP contribution in [0.25, 0.3) is 0 Å². The van der Waals surface area contributed by atoms with E-state index in [9.17, 15) is 14.7 Å². The van der Waals surface area contributed by atoms with Crippen molar-refractivity contribution in [3.05, 3.63) is 0 Å². The van der Waals surface area contributed by atoms with E-state index in [1.165, 1.54) is 19.3 Å². The summed E-state index contributed by atoms with van der Waals surface area (Å²) in [5.74, 6) is -1.19. The molecule has 1 N–H and O–H groups in total. The summed E-state index contributed by atoms with van der Waals surface area (Å²) in [6.45, 7) is 2.05. The van der Waals surface area contributed by atoms with E-state index in [1.807, 2.05) is 18.9 Å². The van der Waals surface area contributed by atoms with Crippen molar-refractivity contribution < 1.29 is 14.7 Å². The highest BCUT2D eigenvalue weighted by molar-refractivity contribution is 5.85. The number of hydrogen-bond donors (Lipinski definition) is 1. The first-order valence-corrected chi connectivity index (χ1v) is 7.50. The van der Waals surface area contributed by atoms with Gasteiger partial charge >= 0.3 is 5.97 Å². The van der Waals surface area contributed by atoms with Crippen molar-refractivity contribution in [1.29, 1.82) is 0 Å². The SMILES string of the molecule is CC1CC(C(=O)O)C(C(=O)N(C)C2CCCCC2)C1. The van der Waals surface area contributed by atoms with E-state index in [4.69, 9.17) is 0 Å². The largest absolute Gasteiger partial charge is 0.481 e. The van der Waals surface area contributed by atoms with E-state index in [0.717, 1.165) is 19.3 Å². The summed E-state index contributed by atoms with van der Waals surface area (Å²) >= 11 is 0. The number of hydrogen-bond acceptors (Lipinski definition) is 2. The van der Waals surface area contributed by atoms with E-state index in [-0.39, 0.29) is 11.8 Å². The zero-order valence-electron chi connectivity index (χ0n) is 12.0. The van der Waals surface area contributed by atoms with Crippen LogP contribution >= 0.6 is 0 Å². The molecular formula is C15H25NO3. The molecule has 3 atom stereocenters. The van der Waals surface area contributed by atoms with Gasteiger partial charge in [-0.3, -0.25) is 9.59 Å². The number of carboxylic acids is 1. The molecule has 1 amide bonds. The molecule has 0 spiro atoms. The lowest BCUT2D eigenvalue weighted by atomic mass is 9.91. The lowest BCUT2D eigenvalue weighted by molar-refractivity contribution is -0.149. The zero-order chi connectivity index (χ0) is 14.0. The van der Waals surface area contributed by atoms with Crippen molar-refractivity contribution in [1.82, 2.24) is 4.90 Å². The van der Waals surface area contributed by atoms with E-state index >= 15 is 0 Å². The number of carboxylic acid groups (broad SMARTS) is 1. The molecule has 0 radical (unpaired) electrons. The maximum atomic E-state index is 12.6. The second-order valence-corrected chi connectivity index (χ2v) is 6.37. The number of aliphatic carboxylic acids is 1. The third-order valence-corrected chi connectivity index (χ3v) is 4.90. The zero-order valence-corrected chi connectivity index (χ0v) is 12.0. The number of amides is 1. The van der Waals surface area contributed by atoms with Crippen molar-refractivity contribution in [2.45, 2.75) is 57.9 Å². The minimum atomic E-state index is -0.806. The Hall–Kier alpha value is -1.06. The fraction of sp³-hybridized carbons (Fsp3) is 0.867. The first-order chi connectivity index (χ1) is 9.00. The molecule has 0 heterocycles. The Bertz CT molecular complexity index is 349. The predicted molar refractivity (Wildman–Crippen MR) is 72.7 cm³/mol. The smallest absolute Gasteiger partial charge is 0.307 e. The predicted octanol–water partition coefficient (Wildman–Crippen LogP) is 2.52. The minimum absolute atomic E-state index is 0.0589. The lowest BCUT2D eigenvalue weighted by Gasteiger charge is -2.33. The molecule has 2 saturated carbocycles. The third-order valence-electron chi connectivity index (χ3n) is 4.90. The van der Waals surface area contributed by atoms with Gasteiger partial charge in [-0.2, -0.15) is 0 Å². The van der Waals surface area contributed by atoms with E-state index < -0.39 is 11.9 Å². The summed E-state index contributed by atoms with van der Waals surface area (Å²) in [5, 5.41) is 9.27. The Morgan fingerprint density at radius 3 is 2.21 bits per heavy atom. The van der Waals surface area contributed by atoms with Crippen molar-refractivity contribution in [3.63, 3.8) is 0 Å². The number of carbonyl (C=O) groups excluding carboxylic acids is 1. The van der Waals surface area contributed by atoms with Gasteiger partial charge in [-0.05, 0) is 31.6 Å². The van der Waals surface area contributed by atoms with Crippen LogP contribution in [0.15, 0.2) is 0 Å². The molecule has 3 unspecified atom stereocenters. The molecule has 0 bridgehead atoms. The van der Waals surface area contributed by atoms with Gasteiger partial charge in [0.25, 0.3) is 0 Å². The van der Waals surface area contributed by atoms with Gasteiger partial charge in [0.05, 0.1) is 11.8 Å². The second-order valence-electron chi connectivity index (χ2n) is 6.37. The molecule has 0 saturated heterocycles. The molecule has 0 aromatic heterocycles. The molecule has 4 heteroatoms. The minimum Gasteiger partial charge on any atom is -0.481 e. The number of nitrogens with zero attached hydrogens (tertiary/aromatic N) is 1. The van der Waals surface area contributed by atoms with Gasteiger partial charge in [-0.1, -0.05) is 26.2 Å². The molecule has 0 aromatic rings. The molecule has 2 aliphatic carbocycles. The number of carbonyl (C=O) groups is 2. The summed E-state index contributed by atoms with van der Waals surface area (Å²) in [6, 6.07) is 0.326. The molecule has 0 aliphatic heterocycles.